The van der Waals surface area contributed by atoms with E-state index in [0.29, 0.717) is 0 Å². The number of halogens is 4. The monoisotopic (exact) mass is 389 g/mol. The Kier molecular flexibility index (Phi) is 31.3. The molecule has 0 aliphatic heterocycles. The number of nitrogens with one attached hydrogen (secondary N) is 1. The normalized spacial score (nSPS) is 7.33. The van der Waals surface area contributed by atoms with Crippen LogP contribution in [-0.2, 0) is 0 Å². The zero-order chi connectivity index (χ0) is 5.54. The summed E-state index contributed by atoms with van der Waals surface area (Å²) >= 11 is 6.60. The van der Waals surface area contributed by atoms with Crippen LogP contribution in [0.25, 0.3) is 0 Å². The summed E-state index contributed by atoms with van der Waals surface area (Å²) in [7, 11) is 0. The van der Waals surface area contributed by atoms with E-state index in [1.165, 1.54) is 0 Å². The molecule has 60 valence electrons. The molecule has 0 aromatic carbocycles. The first kappa shape index (κ1) is 17.1. The largest absolute Gasteiger partial charge is 0.315 e. The molecule has 0 rings (SSSR count). The van der Waals surface area contributed by atoms with E-state index >= 15 is 0 Å². The van der Waals surface area contributed by atoms with E-state index in [0.717, 1.165) is 23.7 Å². The van der Waals surface area contributed by atoms with E-state index in [9.17, 15) is 0 Å². The molecule has 0 saturated carbocycles. The smallest absolute Gasteiger partial charge is 0.0157 e. The molecule has 1 N–H and O–H groups in total. The Morgan fingerprint density at radius 1 is 0.889 bits per heavy atom. The first-order chi connectivity index (χ1) is 3.41. The fourth-order valence-electron chi connectivity index (χ4n) is 0.259. The second kappa shape index (κ2) is 16.5. The molecule has 9 heavy (non-hydrogen) atoms. The lowest BCUT2D eigenvalue weighted by Gasteiger charge is -1.94. The number of hydrogen-bond acceptors (Lipinski definition) is 1. The third-order valence-electron chi connectivity index (χ3n) is 0.543. The van der Waals surface area contributed by atoms with Gasteiger partial charge in [0, 0.05) is 23.7 Å². The lowest BCUT2D eigenvalue weighted by atomic mass is 10.7. The maximum Gasteiger partial charge on any atom is 0.0157 e. The zero-order valence-corrected chi connectivity index (χ0v) is 11.5. The second-order valence-corrected chi connectivity index (χ2v) is 2.71. The van der Waals surface area contributed by atoms with Crippen LogP contribution in [0.4, 0.5) is 0 Å². The standard InChI is InChI=1S/C4H9Br2N.2BrH/c5-1-3-7-4-2-6;;/h7H,1-4H2;2*1H. The van der Waals surface area contributed by atoms with Crippen molar-refractivity contribution in [3.8, 4) is 0 Å². The minimum atomic E-state index is 0. The highest BCUT2D eigenvalue weighted by Crippen LogP contribution is 1.76. The van der Waals surface area contributed by atoms with Crippen LogP contribution in [-0.4, -0.2) is 23.7 Å². The molecule has 0 amide bonds. The van der Waals surface area contributed by atoms with E-state index in [4.69, 9.17) is 0 Å². The molecule has 1 nitrogen and oxygen atoms in total. The van der Waals surface area contributed by atoms with Crippen molar-refractivity contribution in [1.82, 2.24) is 5.32 Å². The molecular weight excluding hydrogens is 382 g/mol. The zero-order valence-electron chi connectivity index (χ0n) is 4.90. The Hall–Kier alpha value is 1.88. The summed E-state index contributed by atoms with van der Waals surface area (Å²) < 4.78 is 0. The van der Waals surface area contributed by atoms with Crippen molar-refractivity contribution in [2.75, 3.05) is 23.7 Å². The van der Waals surface area contributed by atoms with Gasteiger partial charge < -0.3 is 5.32 Å². The molecule has 0 radical (unpaired) electrons. The Morgan fingerprint density at radius 2 is 1.22 bits per heavy atom. The average Bonchev–Trinajstić information content (AvgIpc) is 1.69. The van der Waals surface area contributed by atoms with Gasteiger partial charge >= 0.3 is 0 Å². The van der Waals surface area contributed by atoms with Gasteiger partial charge in [-0.15, -0.1) is 34.0 Å². The fourth-order valence-corrected chi connectivity index (χ4v) is 0.819. The summed E-state index contributed by atoms with van der Waals surface area (Å²) in [6.45, 7) is 2.12. The summed E-state index contributed by atoms with van der Waals surface area (Å²) in [4.78, 5) is 0. The predicted octanol–water partition coefficient (Wildman–Crippen LogP) is 2.52. The van der Waals surface area contributed by atoms with Crippen molar-refractivity contribution in [3.05, 3.63) is 0 Å². The van der Waals surface area contributed by atoms with Crippen LogP contribution < -0.4 is 5.32 Å². The summed E-state index contributed by atoms with van der Waals surface area (Å²) in [5, 5.41) is 5.27. The van der Waals surface area contributed by atoms with Gasteiger partial charge in [0.2, 0.25) is 0 Å². The van der Waals surface area contributed by atoms with Crippen molar-refractivity contribution in [2.45, 2.75) is 0 Å². The van der Waals surface area contributed by atoms with E-state index in [1.54, 1.807) is 0 Å². The number of alkyl halides is 2. The third-order valence-corrected chi connectivity index (χ3v) is 1.34. The minimum Gasteiger partial charge on any atom is -0.315 e. The first-order valence-electron chi connectivity index (χ1n) is 2.24. The average molecular weight is 393 g/mol. The van der Waals surface area contributed by atoms with Gasteiger partial charge in [0.05, 0.1) is 0 Å². The Bertz CT molecular complexity index is 31.7. The quantitative estimate of drug-likeness (QED) is 0.573. The molecule has 0 bridgehead atoms. The van der Waals surface area contributed by atoms with Crippen molar-refractivity contribution < 1.29 is 0 Å². The molecule has 0 atom stereocenters. The minimum absolute atomic E-state index is 0. The maximum absolute atomic E-state index is 3.30. The highest BCUT2D eigenvalue weighted by atomic mass is 79.9. The van der Waals surface area contributed by atoms with Gasteiger partial charge in [-0.25, -0.2) is 0 Å². The lowest BCUT2D eigenvalue weighted by Crippen LogP contribution is -2.18. The Labute approximate surface area is 94.1 Å². The SMILES string of the molecule is Br.Br.BrCCNCCBr. The van der Waals surface area contributed by atoms with Gasteiger partial charge in [0.15, 0.2) is 0 Å². The molecule has 0 aliphatic carbocycles. The maximum atomic E-state index is 3.30. The van der Waals surface area contributed by atoms with Crippen LogP contribution in [0.15, 0.2) is 0 Å². The molecule has 0 unspecified atom stereocenters. The summed E-state index contributed by atoms with van der Waals surface area (Å²) in [6, 6.07) is 0. The van der Waals surface area contributed by atoms with Gasteiger partial charge in [-0.2, -0.15) is 0 Å². The van der Waals surface area contributed by atoms with Gasteiger partial charge in [-0.3, -0.25) is 0 Å². The van der Waals surface area contributed by atoms with Crippen LogP contribution in [0.1, 0.15) is 0 Å². The van der Waals surface area contributed by atoms with E-state index in [1.807, 2.05) is 0 Å². The van der Waals surface area contributed by atoms with Crippen molar-refractivity contribution in [3.63, 3.8) is 0 Å². The van der Waals surface area contributed by atoms with E-state index in [2.05, 4.69) is 37.2 Å². The van der Waals surface area contributed by atoms with Crippen LogP contribution in [0.2, 0.25) is 0 Å². The van der Waals surface area contributed by atoms with E-state index in [-0.39, 0.29) is 34.0 Å². The molecule has 0 fully saturated rings. The predicted molar refractivity (Wildman–Crippen MR) is 61.1 cm³/mol. The summed E-state index contributed by atoms with van der Waals surface area (Å²) in [5.74, 6) is 0. The first-order valence-corrected chi connectivity index (χ1v) is 4.48. The van der Waals surface area contributed by atoms with E-state index < -0.39 is 0 Å². The molecule has 5 heteroatoms. The Morgan fingerprint density at radius 3 is 1.44 bits per heavy atom. The van der Waals surface area contributed by atoms with Crippen LogP contribution in [0, 0.1) is 0 Å². The fraction of sp³-hybridized carbons (Fsp3) is 1.00. The molecule has 0 aromatic heterocycles. The lowest BCUT2D eigenvalue weighted by molar-refractivity contribution is 0.779. The molecular formula is C4H11Br4N. The summed E-state index contributed by atoms with van der Waals surface area (Å²) in [6.07, 6.45) is 0. The third kappa shape index (κ3) is 17.7. The van der Waals surface area contributed by atoms with Gasteiger partial charge in [0.25, 0.3) is 0 Å². The van der Waals surface area contributed by atoms with Crippen molar-refractivity contribution >= 4 is 65.8 Å². The van der Waals surface area contributed by atoms with Crippen molar-refractivity contribution in [2.24, 2.45) is 0 Å². The van der Waals surface area contributed by atoms with Gasteiger partial charge in [0.1, 0.15) is 0 Å². The number of rotatable bonds is 4. The van der Waals surface area contributed by atoms with Gasteiger partial charge in [-0.05, 0) is 0 Å². The van der Waals surface area contributed by atoms with Crippen molar-refractivity contribution in [1.29, 1.82) is 0 Å². The van der Waals surface area contributed by atoms with Gasteiger partial charge in [-0.1, -0.05) is 31.9 Å². The summed E-state index contributed by atoms with van der Waals surface area (Å²) in [5.41, 5.74) is 0. The highest BCUT2D eigenvalue weighted by Gasteiger charge is 1.78. The topological polar surface area (TPSA) is 12.0 Å². The van der Waals surface area contributed by atoms with Crippen LogP contribution in [0.5, 0.6) is 0 Å². The second-order valence-electron chi connectivity index (χ2n) is 1.13. The molecule has 0 spiro atoms. The van der Waals surface area contributed by atoms with Crippen LogP contribution in [0.3, 0.4) is 0 Å². The molecule has 0 aliphatic rings. The molecule has 0 heterocycles. The molecule has 0 aromatic rings. The highest BCUT2D eigenvalue weighted by molar-refractivity contribution is 9.09. The van der Waals surface area contributed by atoms with Crippen LogP contribution >= 0.6 is 65.8 Å². The Balaban J connectivity index is -0.000000180. The number of hydrogen-bond donors (Lipinski definition) is 1. The molecule has 0 saturated heterocycles.